The van der Waals surface area contributed by atoms with Crippen LogP contribution in [-0.2, 0) is 33.3 Å². The molecule has 0 aromatic carbocycles. The van der Waals surface area contributed by atoms with Crippen molar-refractivity contribution in [3.05, 3.63) is 48.6 Å². The molecule has 1 rings (SSSR count). The molecule has 0 aliphatic carbocycles. The Labute approximate surface area is 331 Å². The van der Waals surface area contributed by atoms with Gasteiger partial charge in [-0.3, -0.25) is 9.59 Å². The third kappa shape index (κ3) is 26.6. The van der Waals surface area contributed by atoms with Gasteiger partial charge in [0.25, 0.3) is 0 Å². The van der Waals surface area contributed by atoms with Crippen molar-refractivity contribution in [1.29, 1.82) is 0 Å². The first kappa shape index (κ1) is 50.2. The van der Waals surface area contributed by atoms with E-state index in [1.54, 1.807) is 0 Å². The van der Waals surface area contributed by atoms with Crippen LogP contribution in [0.3, 0.4) is 0 Å². The molecular weight excluding hydrogens is 704 g/mol. The van der Waals surface area contributed by atoms with E-state index in [2.05, 4.69) is 50.3 Å². The Hall–Kier alpha value is -2.83. The van der Waals surface area contributed by atoms with Gasteiger partial charge in [0.05, 0.1) is 6.61 Å². The number of hydrogen-bond donors (Lipinski definition) is 4. The summed E-state index contributed by atoms with van der Waals surface area (Å²) in [6.07, 6.45) is 30.4. The smallest absolute Gasteiger partial charge is 0.335 e. The highest BCUT2D eigenvalue weighted by Gasteiger charge is 2.47. The Morgan fingerprint density at radius 3 is 1.58 bits per heavy atom. The summed E-state index contributed by atoms with van der Waals surface area (Å²) < 4.78 is 21.6. The lowest BCUT2D eigenvalue weighted by molar-refractivity contribution is -0.298. The number of allylic oxidation sites excluding steroid dienone is 8. The largest absolute Gasteiger partial charge is 0.479 e. The van der Waals surface area contributed by atoms with Crippen LogP contribution in [0.4, 0.5) is 0 Å². The first-order valence-corrected chi connectivity index (χ1v) is 21.2. The van der Waals surface area contributed by atoms with E-state index in [0.717, 1.165) is 44.9 Å². The van der Waals surface area contributed by atoms with E-state index < -0.39 is 61.3 Å². The highest BCUT2D eigenvalue weighted by molar-refractivity contribution is 5.73. The number of aliphatic hydroxyl groups is 3. The third-order valence-corrected chi connectivity index (χ3v) is 9.46. The molecule has 1 aliphatic heterocycles. The fourth-order valence-electron chi connectivity index (χ4n) is 6.13. The van der Waals surface area contributed by atoms with E-state index in [0.29, 0.717) is 12.8 Å². The van der Waals surface area contributed by atoms with Crippen molar-refractivity contribution in [3.8, 4) is 0 Å². The fraction of sp³-hybridized carbons (Fsp3) is 0.750. The van der Waals surface area contributed by atoms with Gasteiger partial charge in [-0.1, -0.05) is 159 Å². The molecule has 11 nitrogen and oxygen atoms in total. The van der Waals surface area contributed by atoms with Gasteiger partial charge in [0.2, 0.25) is 0 Å². The minimum atomic E-state index is -1.87. The Morgan fingerprint density at radius 1 is 0.582 bits per heavy atom. The second kappa shape index (κ2) is 34.4. The van der Waals surface area contributed by atoms with Crippen molar-refractivity contribution in [2.45, 2.75) is 198 Å². The summed E-state index contributed by atoms with van der Waals surface area (Å²) in [4.78, 5) is 36.7. The molecule has 316 valence electrons. The lowest BCUT2D eigenvalue weighted by Gasteiger charge is -2.38. The maximum atomic E-state index is 12.7. The summed E-state index contributed by atoms with van der Waals surface area (Å²) in [7, 11) is 0. The number of aliphatic hydroxyl groups excluding tert-OH is 3. The standard InChI is InChI=1S/C44H74O11/c1-3-5-7-9-11-13-15-17-18-19-21-23-25-27-29-31-33-38(46)54-36(35-53-44-41(49)39(47)40(48)42(55-44)43(50)51)34-52-37(45)32-30-28-26-24-22-20-16-14-12-10-8-6-4-2/h6,8,12,14,20,22,26,28,36,39-42,44,47-49H,3-5,7,9-11,13,15-19,21,23-25,27,29-35H2,1-2H3,(H,50,51)/b8-6-,14-12-,22-20-,28-26-. The molecule has 4 N–H and O–H groups in total. The number of ether oxygens (including phenoxy) is 4. The Balaban J connectivity index is 2.43. The van der Waals surface area contributed by atoms with E-state index in [4.69, 9.17) is 18.9 Å². The monoisotopic (exact) mass is 779 g/mol. The normalized spacial score (nSPS) is 20.9. The van der Waals surface area contributed by atoms with Crippen LogP contribution in [0.15, 0.2) is 48.6 Å². The fourth-order valence-corrected chi connectivity index (χ4v) is 6.13. The lowest BCUT2D eigenvalue weighted by atomic mass is 9.99. The van der Waals surface area contributed by atoms with E-state index >= 15 is 0 Å². The van der Waals surface area contributed by atoms with E-state index in [1.807, 2.05) is 12.2 Å². The first-order valence-electron chi connectivity index (χ1n) is 21.2. The molecule has 0 saturated carbocycles. The predicted octanol–water partition coefficient (Wildman–Crippen LogP) is 8.59. The van der Waals surface area contributed by atoms with Gasteiger partial charge in [-0.15, -0.1) is 0 Å². The minimum absolute atomic E-state index is 0.115. The van der Waals surface area contributed by atoms with Crippen molar-refractivity contribution < 1.29 is 53.8 Å². The quantitative estimate of drug-likeness (QED) is 0.0280. The number of rotatable bonds is 34. The molecule has 11 heteroatoms. The zero-order valence-electron chi connectivity index (χ0n) is 33.9. The van der Waals surface area contributed by atoms with Crippen molar-refractivity contribution in [1.82, 2.24) is 0 Å². The summed E-state index contributed by atoms with van der Waals surface area (Å²) in [6, 6.07) is 0. The molecule has 55 heavy (non-hydrogen) atoms. The van der Waals surface area contributed by atoms with Gasteiger partial charge < -0.3 is 39.4 Å². The van der Waals surface area contributed by atoms with E-state index in [-0.39, 0.29) is 19.4 Å². The van der Waals surface area contributed by atoms with E-state index in [9.17, 15) is 34.8 Å². The zero-order chi connectivity index (χ0) is 40.4. The van der Waals surface area contributed by atoms with Crippen LogP contribution in [0.5, 0.6) is 0 Å². The molecule has 0 spiro atoms. The first-order chi connectivity index (χ1) is 26.7. The lowest BCUT2D eigenvalue weighted by Crippen LogP contribution is -2.60. The number of unbranched alkanes of at least 4 members (excludes halogenated alkanes) is 15. The highest BCUT2D eigenvalue weighted by atomic mass is 16.7. The van der Waals surface area contributed by atoms with Crippen LogP contribution >= 0.6 is 0 Å². The molecule has 6 atom stereocenters. The van der Waals surface area contributed by atoms with Gasteiger partial charge in [0.15, 0.2) is 18.5 Å². The van der Waals surface area contributed by atoms with Gasteiger partial charge in [0.1, 0.15) is 24.9 Å². The van der Waals surface area contributed by atoms with E-state index in [1.165, 1.54) is 77.0 Å². The maximum absolute atomic E-state index is 12.7. The molecule has 6 unspecified atom stereocenters. The summed E-state index contributed by atoms with van der Waals surface area (Å²) in [5.74, 6) is -2.55. The number of esters is 2. The second-order valence-corrected chi connectivity index (χ2v) is 14.5. The number of aliphatic carboxylic acids is 1. The van der Waals surface area contributed by atoms with Crippen LogP contribution in [0.25, 0.3) is 0 Å². The predicted molar refractivity (Wildman–Crippen MR) is 215 cm³/mol. The van der Waals surface area contributed by atoms with Crippen LogP contribution in [0.2, 0.25) is 0 Å². The van der Waals surface area contributed by atoms with Gasteiger partial charge in [0, 0.05) is 12.8 Å². The molecule has 1 heterocycles. The Morgan fingerprint density at radius 2 is 1.07 bits per heavy atom. The van der Waals surface area contributed by atoms with Crippen LogP contribution in [0, 0.1) is 0 Å². The number of carboxylic acids is 1. The van der Waals surface area contributed by atoms with Crippen LogP contribution in [0.1, 0.15) is 162 Å². The summed E-state index contributed by atoms with van der Waals surface area (Å²) >= 11 is 0. The van der Waals surface area contributed by atoms with Crippen LogP contribution < -0.4 is 0 Å². The topological polar surface area (TPSA) is 169 Å². The SMILES string of the molecule is CC/C=C\C/C=C\C/C=C\C/C=C\CCC(=O)OCC(COC1OC(C(=O)O)C(O)C(O)C1O)OC(=O)CCCCCCCCCCCCCCCCCC. The molecule has 1 aliphatic rings. The molecule has 0 aromatic rings. The van der Waals surface area contributed by atoms with Crippen molar-refractivity contribution in [3.63, 3.8) is 0 Å². The third-order valence-electron chi connectivity index (χ3n) is 9.46. The second-order valence-electron chi connectivity index (χ2n) is 14.5. The average Bonchev–Trinajstić information content (AvgIpc) is 3.17. The summed E-state index contributed by atoms with van der Waals surface area (Å²) in [5.41, 5.74) is 0. The molecule has 0 radical (unpaired) electrons. The molecule has 0 bridgehead atoms. The molecular formula is C44H74O11. The Kier molecular flexibility index (Phi) is 31.4. The van der Waals surface area contributed by atoms with Crippen molar-refractivity contribution in [2.75, 3.05) is 13.2 Å². The van der Waals surface area contributed by atoms with Gasteiger partial charge in [-0.2, -0.15) is 0 Å². The number of carboxylic acid groups (broad SMARTS) is 1. The average molecular weight is 779 g/mol. The highest BCUT2D eigenvalue weighted by Crippen LogP contribution is 2.23. The van der Waals surface area contributed by atoms with Gasteiger partial charge >= 0.3 is 17.9 Å². The maximum Gasteiger partial charge on any atom is 0.335 e. The van der Waals surface area contributed by atoms with Crippen molar-refractivity contribution in [2.24, 2.45) is 0 Å². The molecule has 0 aromatic heterocycles. The molecule has 1 saturated heterocycles. The zero-order valence-corrected chi connectivity index (χ0v) is 33.9. The van der Waals surface area contributed by atoms with Gasteiger partial charge in [-0.05, 0) is 38.5 Å². The van der Waals surface area contributed by atoms with Crippen LogP contribution in [-0.4, -0.2) is 88.4 Å². The van der Waals surface area contributed by atoms with Gasteiger partial charge in [-0.25, -0.2) is 4.79 Å². The number of carbonyl (C=O) groups is 3. The van der Waals surface area contributed by atoms with Crippen molar-refractivity contribution >= 4 is 17.9 Å². The summed E-state index contributed by atoms with van der Waals surface area (Å²) in [6.45, 7) is 3.62. The number of hydrogen-bond acceptors (Lipinski definition) is 10. The molecule has 0 amide bonds. The summed E-state index contributed by atoms with van der Waals surface area (Å²) in [5, 5.41) is 39.7. The number of carbonyl (C=O) groups excluding carboxylic acids is 2. The molecule has 1 fully saturated rings. The Bertz CT molecular complexity index is 1100. The minimum Gasteiger partial charge on any atom is -0.479 e.